The van der Waals surface area contributed by atoms with Crippen LogP contribution in [0.2, 0.25) is 0 Å². The van der Waals surface area contributed by atoms with Crippen molar-refractivity contribution in [3.8, 4) is 17.2 Å². The van der Waals surface area contributed by atoms with Crippen LogP contribution in [-0.4, -0.2) is 75.1 Å². The third-order valence-corrected chi connectivity index (χ3v) is 5.63. The highest BCUT2D eigenvalue weighted by Gasteiger charge is 2.46. The van der Waals surface area contributed by atoms with Crippen molar-refractivity contribution in [1.82, 2.24) is 9.80 Å². The maximum Gasteiger partial charge on any atom is 0.295 e. The van der Waals surface area contributed by atoms with Gasteiger partial charge in [0, 0.05) is 17.7 Å². The van der Waals surface area contributed by atoms with E-state index in [1.807, 2.05) is 31.1 Å². The van der Waals surface area contributed by atoms with Gasteiger partial charge in [0.1, 0.15) is 11.5 Å². The van der Waals surface area contributed by atoms with Crippen LogP contribution in [0, 0.1) is 0 Å². The van der Waals surface area contributed by atoms with Gasteiger partial charge in [-0.2, -0.15) is 0 Å². The zero-order valence-corrected chi connectivity index (χ0v) is 19.6. The summed E-state index contributed by atoms with van der Waals surface area (Å²) in [5.41, 5.74) is 0.992. The Morgan fingerprint density at radius 1 is 0.970 bits per heavy atom. The fourth-order valence-electron chi connectivity index (χ4n) is 4.02. The number of aliphatic hydroxyl groups excluding tert-OH is 1. The molecule has 33 heavy (non-hydrogen) atoms. The Kier molecular flexibility index (Phi) is 7.60. The topological polar surface area (TPSA) is 88.5 Å². The second-order valence-corrected chi connectivity index (χ2v) is 7.96. The lowest BCUT2D eigenvalue weighted by Gasteiger charge is -2.27. The van der Waals surface area contributed by atoms with Crippen molar-refractivity contribution in [2.24, 2.45) is 0 Å². The van der Waals surface area contributed by atoms with Crippen molar-refractivity contribution in [2.45, 2.75) is 12.5 Å². The van der Waals surface area contributed by atoms with Crippen LogP contribution in [0.5, 0.6) is 17.2 Å². The monoisotopic (exact) mass is 454 g/mol. The number of carbonyl (C=O) groups is 2. The van der Waals surface area contributed by atoms with Gasteiger partial charge >= 0.3 is 0 Å². The van der Waals surface area contributed by atoms with Crippen LogP contribution >= 0.6 is 0 Å². The number of hydrogen-bond acceptors (Lipinski definition) is 7. The van der Waals surface area contributed by atoms with E-state index in [1.165, 1.54) is 26.2 Å². The van der Waals surface area contributed by atoms with Crippen molar-refractivity contribution in [3.05, 3.63) is 59.2 Å². The van der Waals surface area contributed by atoms with Crippen molar-refractivity contribution in [2.75, 3.05) is 48.5 Å². The molecule has 1 heterocycles. The SMILES string of the molecule is COc1ccc(C(O)=C2C(=O)C(=O)N(CCCN(C)C)[C@@H]2c2ccccc2OC)cc1OC. The van der Waals surface area contributed by atoms with Gasteiger partial charge in [0.25, 0.3) is 11.7 Å². The normalized spacial score (nSPS) is 17.5. The zero-order valence-electron chi connectivity index (χ0n) is 19.6. The number of ether oxygens (including phenoxy) is 3. The molecule has 3 rings (SSSR count). The summed E-state index contributed by atoms with van der Waals surface area (Å²) >= 11 is 0. The summed E-state index contributed by atoms with van der Waals surface area (Å²) in [7, 11) is 8.43. The van der Waals surface area contributed by atoms with Gasteiger partial charge in [0.05, 0.1) is 32.9 Å². The van der Waals surface area contributed by atoms with Crippen molar-refractivity contribution in [1.29, 1.82) is 0 Å². The van der Waals surface area contributed by atoms with E-state index in [2.05, 4.69) is 0 Å². The quantitative estimate of drug-likeness (QED) is 0.354. The fraction of sp³-hybridized carbons (Fsp3) is 0.360. The number of nitrogens with zero attached hydrogens (tertiary/aromatic N) is 2. The molecule has 1 amide bonds. The third kappa shape index (κ3) is 4.80. The summed E-state index contributed by atoms with van der Waals surface area (Å²) < 4.78 is 16.1. The molecule has 0 aliphatic carbocycles. The highest BCUT2D eigenvalue weighted by atomic mass is 16.5. The second-order valence-electron chi connectivity index (χ2n) is 7.96. The number of Topliss-reactive ketones (excluding diaryl/α,β-unsaturated/α-hetero) is 1. The molecule has 0 unspecified atom stereocenters. The molecule has 0 saturated carbocycles. The molecule has 1 N–H and O–H groups in total. The summed E-state index contributed by atoms with van der Waals surface area (Å²) in [6.45, 7) is 1.10. The van der Waals surface area contributed by atoms with Crippen molar-refractivity contribution in [3.63, 3.8) is 0 Å². The first-order chi connectivity index (χ1) is 15.8. The van der Waals surface area contributed by atoms with Crippen LogP contribution in [0.4, 0.5) is 0 Å². The van der Waals surface area contributed by atoms with Gasteiger partial charge in [-0.3, -0.25) is 9.59 Å². The maximum absolute atomic E-state index is 13.2. The lowest BCUT2D eigenvalue weighted by Crippen LogP contribution is -2.32. The van der Waals surface area contributed by atoms with E-state index in [0.717, 1.165) is 6.54 Å². The molecule has 0 radical (unpaired) electrons. The summed E-state index contributed by atoms with van der Waals surface area (Å²) in [5, 5.41) is 11.3. The van der Waals surface area contributed by atoms with E-state index < -0.39 is 17.7 Å². The number of methoxy groups -OCH3 is 3. The zero-order chi connectivity index (χ0) is 24.1. The summed E-state index contributed by atoms with van der Waals surface area (Å²) in [6.07, 6.45) is 0.669. The molecule has 2 aromatic rings. The number of ketones is 1. The largest absolute Gasteiger partial charge is 0.507 e. The molecule has 1 saturated heterocycles. The molecule has 1 aliphatic rings. The smallest absolute Gasteiger partial charge is 0.295 e. The standard InChI is InChI=1S/C25H30N2O6/c1-26(2)13-8-14-27-22(17-9-6-7-10-18(17)31-3)21(24(29)25(27)30)23(28)16-11-12-19(32-4)20(15-16)33-5/h6-7,9-12,15,22,28H,8,13-14H2,1-5H3/t22-/m1/s1. The maximum atomic E-state index is 13.2. The number of likely N-dealkylation sites (tertiary alicyclic amines) is 1. The van der Waals surface area contributed by atoms with Crippen molar-refractivity contribution < 1.29 is 28.9 Å². The van der Waals surface area contributed by atoms with E-state index in [4.69, 9.17) is 14.2 Å². The van der Waals surface area contributed by atoms with Crippen LogP contribution < -0.4 is 14.2 Å². The molecule has 1 aliphatic heterocycles. The highest BCUT2D eigenvalue weighted by molar-refractivity contribution is 6.46. The predicted molar refractivity (Wildman–Crippen MR) is 125 cm³/mol. The minimum atomic E-state index is -0.781. The van der Waals surface area contributed by atoms with Crippen LogP contribution in [-0.2, 0) is 9.59 Å². The Hall–Kier alpha value is -3.52. The summed E-state index contributed by atoms with van der Waals surface area (Å²) in [6, 6.07) is 11.3. The number of hydrogen-bond donors (Lipinski definition) is 1. The van der Waals surface area contributed by atoms with Gasteiger partial charge in [-0.25, -0.2) is 0 Å². The molecular weight excluding hydrogens is 424 g/mol. The lowest BCUT2D eigenvalue weighted by molar-refractivity contribution is -0.140. The number of rotatable bonds is 9. The van der Waals surface area contributed by atoms with E-state index in [-0.39, 0.29) is 11.3 Å². The molecule has 0 bridgehead atoms. The number of amides is 1. The van der Waals surface area contributed by atoms with Crippen LogP contribution in [0.25, 0.3) is 5.76 Å². The highest BCUT2D eigenvalue weighted by Crippen LogP contribution is 2.43. The molecular formula is C25H30N2O6. The molecule has 8 heteroatoms. The summed E-state index contributed by atoms with van der Waals surface area (Å²) in [4.78, 5) is 29.8. The van der Waals surface area contributed by atoms with Crippen LogP contribution in [0.3, 0.4) is 0 Å². The Labute approximate surface area is 194 Å². The molecule has 1 atom stereocenters. The predicted octanol–water partition coefficient (Wildman–Crippen LogP) is 3.09. The van der Waals surface area contributed by atoms with Gasteiger partial charge in [-0.05, 0) is 51.3 Å². The number of benzene rings is 2. The van der Waals surface area contributed by atoms with Gasteiger partial charge in [-0.15, -0.1) is 0 Å². The van der Waals surface area contributed by atoms with Crippen LogP contribution in [0.1, 0.15) is 23.6 Å². The van der Waals surface area contributed by atoms with E-state index in [9.17, 15) is 14.7 Å². The van der Waals surface area contributed by atoms with Gasteiger partial charge in [0.15, 0.2) is 11.5 Å². The average Bonchev–Trinajstić information content (AvgIpc) is 3.07. The van der Waals surface area contributed by atoms with Gasteiger partial charge in [-0.1, -0.05) is 18.2 Å². The van der Waals surface area contributed by atoms with Gasteiger partial charge < -0.3 is 29.1 Å². The van der Waals surface area contributed by atoms with Crippen LogP contribution in [0.15, 0.2) is 48.0 Å². The second kappa shape index (κ2) is 10.4. The molecule has 0 spiro atoms. The number of aliphatic hydroxyl groups is 1. The molecule has 0 aromatic heterocycles. The molecule has 8 nitrogen and oxygen atoms in total. The lowest BCUT2D eigenvalue weighted by atomic mass is 9.94. The summed E-state index contributed by atoms with van der Waals surface area (Å²) in [5.74, 6) is -0.245. The number of para-hydroxylation sites is 1. The Bertz CT molecular complexity index is 1060. The first-order valence-corrected chi connectivity index (χ1v) is 10.6. The van der Waals surface area contributed by atoms with Crippen molar-refractivity contribution >= 4 is 17.4 Å². The Balaban J connectivity index is 2.16. The minimum absolute atomic E-state index is 0.0153. The first kappa shape index (κ1) is 24.1. The Morgan fingerprint density at radius 2 is 1.64 bits per heavy atom. The van der Waals surface area contributed by atoms with Gasteiger partial charge in [0.2, 0.25) is 0 Å². The Morgan fingerprint density at radius 3 is 2.27 bits per heavy atom. The fourth-order valence-corrected chi connectivity index (χ4v) is 4.02. The molecule has 1 fully saturated rings. The average molecular weight is 455 g/mol. The first-order valence-electron chi connectivity index (χ1n) is 10.6. The van der Waals surface area contributed by atoms with E-state index in [1.54, 1.807) is 30.3 Å². The minimum Gasteiger partial charge on any atom is -0.507 e. The third-order valence-electron chi connectivity index (χ3n) is 5.63. The molecule has 2 aromatic carbocycles. The van der Waals surface area contributed by atoms with E-state index in [0.29, 0.717) is 41.3 Å². The number of carbonyl (C=O) groups excluding carboxylic acids is 2. The van der Waals surface area contributed by atoms with E-state index >= 15 is 0 Å². The molecule has 176 valence electrons.